The molecule has 0 radical (unpaired) electrons. The van der Waals surface area contributed by atoms with Crippen LogP contribution in [0.15, 0.2) is 114 Å². The van der Waals surface area contributed by atoms with Crippen LogP contribution in [0, 0.1) is 0 Å². The smallest absolute Gasteiger partial charge is 0.0966 e. The maximum absolute atomic E-state index is 6.64. The third-order valence-electron chi connectivity index (χ3n) is 5.67. The summed E-state index contributed by atoms with van der Waals surface area (Å²) in [6, 6.07) is 34.7. The van der Waals surface area contributed by atoms with Crippen LogP contribution in [-0.2, 0) is 0 Å². The zero-order valence-corrected chi connectivity index (χ0v) is 17.9. The molecule has 6 rings (SSSR count). The Morgan fingerprint density at radius 3 is 2.09 bits per heavy atom. The Bertz CT molecular complexity index is 1500. The molecule has 4 nitrogen and oxygen atoms in total. The molecule has 1 N–H and O–H groups in total. The molecule has 32 heavy (non-hydrogen) atoms. The van der Waals surface area contributed by atoms with Crippen LogP contribution in [0.5, 0.6) is 0 Å². The van der Waals surface area contributed by atoms with E-state index < -0.39 is 0 Å². The number of rotatable bonds is 3. The van der Waals surface area contributed by atoms with Crippen LogP contribution in [-0.4, -0.2) is 10.4 Å². The molecule has 1 aromatic heterocycles. The molecule has 1 aliphatic heterocycles. The van der Waals surface area contributed by atoms with E-state index in [0.717, 1.165) is 49.4 Å². The number of hydrogen-bond acceptors (Lipinski definition) is 3. The third kappa shape index (κ3) is 3.04. The molecule has 0 spiro atoms. The van der Waals surface area contributed by atoms with E-state index >= 15 is 0 Å². The molecule has 0 unspecified atom stereocenters. The van der Waals surface area contributed by atoms with Crippen molar-refractivity contribution in [1.29, 1.82) is 0 Å². The number of fused-ring (bicyclic) bond motifs is 3. The van der Waals surface area contributed by atoms with Crippen molar-refractivity contribution in [2.24, 2.45) is 5.10 Å². The van der Waals surface area contributed by atoms with Crippen molar-refractivity contribution < 1.29 is 0 Å². The molecule has 5 aromatic rings. The van der Waals surface area contributed by atoms with E-state index in [0.29, 0.717) is 0 Å². The van der Waals surface area contributed by atoms with E-state index in [9.17, 15) is 0 Å². The summed E-state index contributed by atoms with van der Waals surface area (Å²) in [7, 11) is 0. The lowest BCUT2D eigenvalue weighted by Crippen LogP contribution is -2.44. The molecule has 0 aliphatic carbocycles. The Hall–Kier alpha value is -4.02. The largest absolute Gasteiger partial charge is 0.262 e. The molecule has 0 fully saturated rings. The van der Waals surface area contributed by atoms with Gasteiger partial charge in [0.2, 0.25) is 0 Å². The third-order valence-corrected chi connectivity index (χ3v) is 5.98. The molecule has 5 heteroatoms. The van der Waals surface area contributed by atoms with Gasteiger partial charge in [0.15, 0.2) is 0 Å². The highest BCUT2D eigenvalue weighted by Gasteiger charge is 2.22. The van der Waals surface area contributed by atoms with Crippen molar-refractivity contribution in [2.75, 3.05) is 5.23 Å². The molecule has 1 aliphatic rings. The minimum Gasteiger partial charge on any atom is -0.262 e. The quantitative estimate of drug-likeness (QED) is 0.359. The van der Waals surface area contributed by atoms with Crippen LogP contribution >= 0.6 is 11.6 Å². The van der Waals surface area contributed by atoms with Crippen LogP contribution < -0.4 is 10.7 Å². The van der Waals surface area contributed by atoms with Crippen molar-refractivity contribution in [3.63, 3.8) is 0 Å². The summed E-state index contributed by atoms with van der Waals surface area (Å²) in [6.45, 7) is 0. The first-order chi connectivity index (χ1) is 15.8. The van der Waals surface area contributed by atoms with E-state index in [1.54, 1.807) is 0 Å². The van der Waals surface area contributed by atoms with E-state index in [4.69, 9.17) is 16.7 Å². The van der Waals surface area contributed by atoms with Gasteiger partial charge in [-0.1, -0.05) is 96.5 Å². The number of nitrogens with one attached hydrogen (secondary N) is 1. The second-order valence-corrected chi connectivity index (χ2v) is 8.05. The van der Waals surface area contributed by atoms with Crippen LogP contribution in [0.2, 0.25) is 5.02 Å². The maximum atomic E-state index is 6.64. The van der Waals surface area contributed by atoms with Crippen LogP contribution in [0.1, 0.15) is 11.1 Å². The number of hydrazone groups is 1. The zero-order valence-electron chi connectivity index (χ0n) is 17.1. The van der Waals surface area contributed by atoms with Gasteiger partial charge in [0.25, 0.3) is 0 Å². The number of nitrogens with zero attached hydrogens (tertiary/aromatic N) is 3. The number of para-hydroxylation sites is 1. The highest BCUT2D eigenvalue weighted by atomic mass is 35.5. The number of hydrogen-bond donors (Lipinski definition) is 1. The lowest BCUT2D eigenvalue weighted by atomic mass is 10.1. The van der Waals surface area contributed by atoms with Gasteiger partial charge in [-0.25, -0.2) is 4.68 Å². The fraction of sp³-hybridized carbons (Fsp3) is 0. The molecule has 4 aromatic carbocycles. The molecule has 2 heterocycles. The first kappa shape index (κ1) is 18.7. The summed E-state index contributed by atoms with van der Waals surface area (Å²) in [5.74, 6) is 0. The van der Waals surface area contributed by atoms with Crippen molar-refractivity contribution in [1.82, 2.24) is 10.1 Å². The number of hydrazine groups is 1. The van der Waals surface area contributed by atoms with Gasteiger partial charge in [0, 0.05) is 16.3 Å². The normalized spacial score (nSPS) is 13.7. The van der Waals surface area contributed by atoms with Gasteiger partial charge < -0.3 is 0 Å². The first-order valence-electron chi connectivity index (χ1n) is 10.5. The summed E-state index contributed by atoms with van der Waals surface area (Å²) in [5, 5.41) is 9.61. The van der Waals surface area contributed by atoms with E-state index in [1.807, 2.05) is 65.9 Å². The van der Waals surface area contributed by atoms with Crippen molar-refractivity contribution in [3.8, 4) is 0 Å². The van der Waals surface area contributed by atoms with Crippen molar-refractivity contribution in [3.05, 3.63) is 125 Å². The second kappa shape index (κ2) is 7.59. The topological polar surface area (TPSA) is 32.6 Å². The van der Waals surface area contributed by atoms with Gasteiger partial charge in [-0.15, -0.1) is 10.3 Å². The molecule has 0 bridgehead atoms. The highest BCUT2D eigenvalue weighted by molar-refractivity contribution is 6.38. The summed E-state index contributed by atoms with van der Waals surface area (Å²) in [6.07, 6.45) is 2.09. The highest BCUT2D eigenvalue weighted by Crippen LogP contribution is 2.34. The molecular formula is C27H19ClN4. The Morgan fingerprint density at radius 1 is 0.656 bits per heavy atom. The average molecular weight is 435 g/mol. The lowest BCUT2D eigenvalue weighted by molar-refractivity contribution is 0.594. The van der Waals surface area contributed by atoms with E-state index in [-0.39, 0.29) is 0 Å². The summed E-state index contributed by atoms with van der Waals surface area (Å²) in [5.41, 5.74) is 9.47. The van der Waals surface area contributed by atoms with Crippen LogP contribution in [0.3, 0.4) is 0 Å². The van der Waals surface area contributed by atoms with Gasteiger partial charge in [-0.2, -0.15) is 0 Å². The van der Waals surface area contributed by atoms with Gasteiger partial charge in [-0.05, 0) is 29.8 Å². The molecule has 0 amide bonds. The SMILES string of the molecule is Clc1cccc2c1c1ccccc1n2N1N=C(c2ccccc2)C=C(c2ccccc2)N1. The van der Waals surface area contributed by atoms with Crippen LogP contribution in [0.25, 0.3) is 27.5 Å². The van der Waals surface area contributed by atoms with E-state index in [1.165, 1.54) is 0 Å². The minimum atomic E-state index is 0.723. The number of halogens is 1. The second-order valence-electron chi connectivity index (χ2n) is 7.64. The Labute approximate surface area is 190 Å². The first-order valence-corrected chi connectivity index (χ1v) is 10.8. The zero-order chi connectivity index (χ0) is 21.5. The van der Waals surface area contributed by atoms with Crippen molar-refractivity contribution in [2.45, 2.75) is 0 Å². The van der Waals surface area contributed by atoms with Gasteiger partial charge in [0.1, 0.15) is 0 Å². The summed E-state index contributed by atoms with van der Waals surface area (Å²) in [4.78, 5) is 0. The predicted molar refractivity (Wildman–Crippen MR) is 133 cm³/mol. The fourth-order valence-corrected chi connectivity index (χ4v) is 4.47. The minimum absolute atomic E-state index is 0.723. The molecule has 0 saturated carbocycles. The molecule has 0 atom stereocenters. The Balaban J connectivity index is 1.60. The fourth-order valence-electron chi connectivity index (χ4n) is 4.20. The maximum Gasteiger partial charge on any atom is 0.0966 e. The average Bonchev–Trinajstić information content (AvgIpc) is 3.20. The molecular weight excluding hydrogens is 416 g/mol. The summed E-state index contributed by atoms with van der Waals surface area (Å²) < 4.78 is 2.08. The lowest BCUT2D eigenvalue weighted by Gasteiger charge is -2.29. The number of allylic oxidation sites excluding steroid dienone is 1. The van der Waals surface area contributed by atoms with Gasteiger partial charge >= 0.3 is 0 Å². The Kier molecular flexibility index (Phi) is 4.44. The Morgan fingerprint density at radius 2 is 1.31 bits per heavy atom. The predicted octanol–water partition coefficient (Wildman–Crippen LogP) is 6.35. The summed E-state index contributed by atoms with van der Waals surface area (Å²) >= 11 is 6.64. The van der Waals surface area contributed by atoms with E-state index in [2.05, 4.69) is 58.6 Å². The van der Waals surface area contributed by atoms with Crippen LogP contribution in [0.4, 0.5) is 0 Å². The van der Waals surface area contributed by atoms with Crippen molar-refractivity contribution >= 4 is 44.8 Å². The number of aromatic nitrogens is 1. The number of benzene rings is 4. The van der Waals surface area contributed by atoms with Gasteiger partial charge in [-0.3, -0.25) is 5.43 Å². The van der Waals surface area contributed by atoms with Gasteiger partial charge in [0.05, 0.1) is 27.5 Å². The molecule has 0 saturated heterocycles. The standard InChI is InChI=1S/C27H19ClN4/c28-22-15-9-17-26-27(22)21-14-7-8-16-25(21)31(26)32-29-23(19-10-3-1-4-11-19)18-24(30-32)20-12-5-2-6-13-20/h1-18,29H. The molecule has 154 valence electrons. The monoisotopic (exact) mass is 434 g/mol.